The van der Waals surface area contributed by atoms with Gasteiger partial charge in [-0.25, -0.2) is 9.59 Å². The Balaban J connectivity index is 0.000000352. The number of H-pyrrole nitrogens is 1. The molecule has 0 bridgehead atoms. The first-order valence-corrected chi connectivity index (χ1v) is 8.40. The van der Waals surface area contributed by atoms with Gasteiger partial charge in [0.25, 0.3) is 0 Å². The summed E-state index contributed by atoms with van der Waals surface area (Å²) in [5.41, 5.74) is 3.48. The zero-order chi connectivity index (χ0) is 19.1. The first-order chi connectivity index (χ1) is 12.4. The number of aliphatic carboxylic acids is 2. The molecule has 9 heteroatoms. The number of piperazine rings is 1. The summed E-state index contributed by atoms with van der Waals surface area (Å²) in [4.78, 5) is 23.0. The Morgan fingerprint density at radius 3 is 2.23 bits per heavy atom. The second-order valence-corrected chi connectivity index (χ2v) is 6.40. The molecule has 0 unspecified atom stereocenters. The van der Waals surface area contributed by atoms with Crippen LogP contribution in [-0.2, 0) is 16.1 Å². The average Bonchev–Trinajstić information content (AvgIpc) is 3.06. The molecule has 3 N–H and O–H groups in total. The van der Waals surface area contributed by atoms with Crippen LogP contribution in [0.4, 0.5) is 0 Å². The molecule has 1 aliphatic heterocycles. The van der Waals surface area contributed by atoms with Crippen molar-refractivity contribution in [2.24, 2.45) is 0 Å². The van der Waals surface area contributed by atoms with Crippen LogP contribution in [0.25, 0.3) is 11.3 Å². The molecule has 2 heterocycles. The molecule has 0 radical (unpaired) electrons. The smallest absolute Gasteiger partial charge is 0.414 e. The molecule has 8 nitrogen and oxygen atoms in total. The normalized spacial score (nSPS) is 15.2. The first kappa shape index (κ1) is 19.9. The second-order valence-electron chi connectivity index (χ2n) is 5.97. The fourth-order valence-corrected chi connectivity index (χ4v) is 2.67. The van der Waals surface area contributed by atoms with Crippen molar-refractivity contribution < 1.29 is 19.8 Å². The summed E-state index contributed by atoms with van der Waals surface area (Å²) in [5.74, 6) is -3.65. The van der Waals surface area contributed by atoms with Crippen molar-refractivity contribution in [2.45, 2.75) is 6.54 Å². The highest BCUT2D eigenvalue weighted by atomic mass is 35.5. The highest BCUT2D eigenvalue weighted by Gasteiger charge is 2.16. The first-order valence-electron chi connectivity index (χ1n) is 8.02. The quantitative estimate of drug-likeness (QED) is 0.694. The Hall–Kier alpha value is -2.42. The number of likely N-dealkylation sites (N-methyl/N-ethyl adjacent to an activating group) is 1. The van der Waals surface area contributed by atoms with Crippen molar-refractivity contribution >= 4 is 23.5 Å². The maximum absolute atomic E-state index is 9.10. The van der Waals surface area contributed by atoms with Crippen molar-refractivity contribution in [3.63, 3.8) is 0 Å². The van der Waals surface area contributed by atoms with Crippen LogP contribution in [0.1, 0.15) is 5.56 Å². The molecule has 26 heavy (non-hydrogen) atoms. The van der Waals surface area contributed by atoms with E-state index in [-0.39, 0.29) is 0 Å². The summed E-state index contributed by atoms with van der Waals surface area (Å²) in [5, 5.41) is 22.9. The molecule has 3 rings (SSSR count). The number of nitrogens with one attached hydrogen (secondary N) is 1. The standard InChI is InChI=1S/C15H19ClN4.C2H2O4/c1-19-6-8-20(9-7-19)11-13-10-17-18-15(13)12-2-4-14(16)5-3-12;3-1(4)2(5)6/h2-5,10H,6-9,11H2,1H3,(H,17,18);(H,3,4)(H,5,6). The van der Waals surface area contributed by atoms with Gasteiger partial charge in [-0.15, -0.1) is 0 Å². The number of hydrogen-bond acceptors (Lipinski definition) is 5. The lowest BCUT2D eigenvalue weighted by atomic mass is 10.1. The molecule has 0 aliphatic carbocycles. The molecule has 1 saturated heterocycles. The van der Waals surface area contributed by atoms with E-state index in [2.05, 4.69) is 27.0 Å². The van der Waals surface area contributed by atoms with E-state index in [4.69, 9.17) is 31.4 Å². The SMILES string of the molecule is CN1CCN(Cc2cn[nH]c2-c2ccc(Cl)cc2)CC1.O=C(O)C(=O)O. The highest BCUT2D eigenvalue weighted by Crippen LogP contribution is 2.24. The molecular formula is C17H21ClN4O4. The van der Waals surface area contributed by atoms with Crippen molar-refractivity contribution in [2.75, 3.05) is 33.2 Å². The average molecular weight is 381 g/mol. The third-order valence-corrected chi connectivity index (χ3v) is 4.28. The molecule has 1 aromatic heterocycles. The molecule has 1 aromatic carbocycles. The maximum Gasteiger partial charge on any atom is 0.414 e. The van der Waals surface area contributed by atoms with Crippen molar-refractivity contribution in [3.05, 3.63) is 41.0 Å². The lowest BCUT2D eigenvalue weighted by Crippen LogP contribution is -2.43. The third kappa shape index (κ3) is 5.83. The van der Waals surface area contributed by atoms with Gasteiger partial charge in [0.2, 0.25) is 0 Å². The summed E-state index contributed by atoms with van der Waals surface area (Å²) >= 11 is 5.94. The summed E-state index contributed by atoms with van der Waals surface area (Å²) in [6.45, 7) is 5.44. The molecule has 0 atom stereocenters. The molecule has 0 saturated carbocycles. The summed E-state index contributed by atoms with van der Waals surface area (Å²) in [7, 11) is 2.17. The number of carboxylic acid groups (broad SMARTS) is 2. The molecule has 2 aromatic rings. The number of hydrogen-bond donors (Lipinski definition) is 3. The van der Waals surface area contributed by atoms with E-state index < -0.39 is 11.9 Å². The van der Waals surface area contributed by atoms with Crippen LogP contribution in [0.3, 0.4) is 0 Å². The Morgan fingerprint density at radius 1 is 1.12 bits per heavy atom. The van der Waals surface area contributed by atoms with Gasteiger partial charge in [0.1, 0.15) is 0 Å². The molecule has 140 valence electrons. The van der Waals surface area contributed by atoms with Crippen molar-refractivity contribution in [3.8, 4) is 11.3 Å². The zero-order valence-electron chi connectivity index (χ0n) is 14.4. The highest BCUT2D eigenvalue weighted by molar-refractivity contribution is 6.30. The van der Waals surface area contributed by atoms with Crippen LogP contribution >= 0.6 is 11.6 Å². The van der Waals surface area contributed by atoms with E-state index >= 15 is 0 Å². The number of rotatable bonds is 3. The molecular weight excluding hydrogens is 360 g/mol. The minimum Gasteiger partial charge on any atom is -0.473 e. The molecule has 0 spiro atoms. The number of carbonyl (C=O) groups is 2. The van der Waals surface area contributed by atoms with Crippen LogP contribution < -0.4 is 0 Å². The van der Waals surface area contributed by atoms with Crippen LogP contribution in [0.5, 0.6) is 0 Å². The van der Waals surface area contributed by atoms with Gasteiger partial charge in [0.15, 0.2) is 0 Å². The van der Waals surface area contributed by atoms with Gasteiger partial charge >= 0.3 is 11.9 Å². The van der Waals surface area contributed by atoms with Gasteiger partial charge in [-0.05, 0) is 24.7 Å². The van der Waals surface area contributed by atoms with Crippen LogP contribution in [-0.4, -0.2) is 75.4 Å². The van der Waals surface area contributed by atoms with Gasteiger partial charge in [0, 0.05) is 43.3 Å². The van der Waals surface area contributed by atoms with E-state index in [1.165, 1.54) is 5.56 Å². The number of carboxylic acids is 2. The third-order valence-electron chi connectivity index (χ3n) is 4.02. The van der Waals surface area contributed by atoms with Gasteiger partial charge in [-0.1, -0.05) is 23.7 Å². The molecule has 1 fully saturated rings. The number of nitrogens with zero attached hydrogens (tertiary/aromatic N) is 3. The second kappa shape index (κ2) is 9.33. The van der Waals surface area contributed by atoms with Crippen LogP contribution in [0.15, 0.2) is 30.5 Å². The largest absolute Gasteiger partial charge is 0.473 e. The predicted molar refractivity (Wildman–Crippen MR) is 97.1 cm³/mol. The lowest BCUT2D eigenvalue weighted by Gasteiger charge is -2.32. The van der Waals surface area contributed by atoms with Crippen LogP contribution in [0.2, 0.25) is 5.02 Å². The monoisotopic (exact) mass is 380 g/mol. The van der Waals surface area contributed by atoms with Crippen molar-refractivity contribution in [1.82, 2.24) is 20.0 Å². The summed E-state index contributed by atoms with van der Waals surface area (Å²) < 4.78 is 0. The lowest BCUT2D eigenvalue weighted by molar-refractivity contribution is -0.159. The fraction of sp³-hybridized carbons (Fsp3) is 0.353. The van der Waals surface area contributed by atoms with E-state index in [0.717, 1.165) is 49.0 Å². The summed E-state index contributed by atoms with van der Waals surface area (Å²) in [6, 6.07) is 7.89. The van der Waals surface area contributed by atoms with Gasteiger partial charge in [0.05, 0.1) is 11.9 Å². The predicted octanol–water partition coefficient (Wildman–Crippen LogP) is 1.63. The Bertz CT molecular complexity index is 727. The van der Waals surface area contributed by atoms with Gasteiger partial charge in [-0.2, -0.15) is 5.10 Å². The zero-order valence-corrected chi connectivity index (χ0v) is 15.1. The minimum absolute atomic E-state index is 0.758. The van der Waals surface area contributed by atoms with E-state index in [9.17, 15) is 0 Å². The van der Waals surface area contributed by atoms with E-state index in [0.29, 0.717) is 0 Å². The van der Waals surface area contributed by atoms with Gasteiger partial charge in [-0.3, -0.25) is 10.00 Å². The molecule has 0 amide bonds. The van der Waals surface area contributed by atoms with Gasteiger partial charge < -0.3 is 15.1 Å². The number of halogens is 1. The maximum atomic E-state index is 9.10. The summed E-state index contributed by atoms with van der Waals surface area (Å²) in [6.07, 6.45) is 1.93. The van der Waals surface area contributed by atoms with E-state index in [1.807, 2.05) is 30.5 Å². The van der Waals surface area contributed by atoms with E-state index in [1.54, 1.807) is 0 Å². The number of aromatic nitrogens is 2. The fourth-order valence-electron chi connectivity index (χ4n) is 2.54. The van der Waals surface area contributed by atoms with Crippen LogP contribution in [0, 0.1) is 0 Å². The topological polar surface area (TPSA) is 110 Å². The number of benzene rings is 1. The Morgan fingerprint density at radius 2 is 1.69 bits per heavy atom. The molecule has 1 aliphatic rings. The number of aromatic amines is 1. The Kier molecular flexibility index (Phi) is 7.14. The van der Waals surface area contributed by atoms with Crippen molar-refractivity contribution in [1.29, 1.82) is 0 Å². The minimum atomic E-state index is -1.82. The Labute approximate surface area is 156 Å².